The van der Waals surface area contributed by atoms with Crippen LogP contribution >= 0.6 is 0 Å². The molecule has 0 aromatic carbocycles. The predicted octanol–water partition coefficient (Wildman–Crippen LogP) is 3.39. The van der Waals surface area contributed by atoms with Crippen LogP contribution in [0, 0.1) is 11.8 Å². The van der Waals surface area contributed by atoms with Crippen LogP contribution in [-0.2, 0) is 14.3 Å². The van der Waals surface area contributed by atoms with Crippen molar-refractivity contribution in [3.8, 4) is 0 Å². The monoisotopic (exact) mass is 297 g/mol. The Kier molecular flexibility index (Phi) is 8.40. The Hall–Kier alpha value is -1.06. The largest absolute Gasteiger partial charge is 0.469 e. The zero-order chi connectivity index (χ0) is 15.7. The fourth-order valence-corrected chi connectivity index (χ4v) is 3.16. The van der Waals surface area contributed by atoms with Crippen LogP contribution in [0.15, 0.2) is 0 Å². The highest BCUT2D eigenvalue weighted by molar-refractivity contribution is 5.78. The molecular weight excluding hydrogens is 266 g/mol. The zero-order valence-corrected chi connectivity index (χ0v) is 13.9. The number of hydrogen-bond donors (Lipinski definition) is 0. The van der Waals surface area contributed by atoms with Gasteiger partial charge in [0.25, 0.3) is 0 Å². The Balaban J connectivity index is 2.42. The maximum Gasteiger partial charge on any atom is 0.310 e. The standard InChI is InChI=1S/C17H31NO3/c1-4-12-18(13-14(2)17(20)21-3)16(19)11-10-15-8-6-5-7-9-15/h14-15H,4-13H2,1-3H3. The lowest BCUT2D eigenvalue weighted by Gasteiger charge is -2.26. The molecule has 0 N–H and O–H groups in total. The summed E-state index contributed by atoms with van der Waals surface area (Å²) in [7, 11) is 1.40. The first-order chi connectivity index (χ1) is 10.1. The van der Waals surface area contributed by atoms with E-state index < -0.39 is 0 Å². The number of amides is 1. The molecule has 4 nitrogen and oxygen atoms in total. The summed E-state index contributed by atoms with van der Waals surface area (Å²) < 4.78 is 4.75. The molecule has 0 saturated heterocycles. The second kappa shape index (κ2) is 9.80. The number of hydrogen-bond acceptors (Lipinski definition) is 3. The minimum Gasteiger partial charge on any atom is -0.469 e. The fourth-order valence-electron chi connectivity index (χ4n) is 3.16. The Morgan fingerprint density at radius 2 is 1.90 bits per heavy atom. The molecule has 0 aromatic rings. The molecule has 1 fully saturated rings. The van der Waals surface area contributed by atoms with E-state index in [9.17, 15) is 9.59 Å². The van der Waals surface area contributed by atoms with Gasteiger partial charge in [0.2, 0.25) is 5.91 Å². The quantitative estimate of drug-likeness (QED) is 0.645. The third-order valence-electron chi connectivity index (χ3n) is 4.44. The Bertz CT molecular complexity index is 324. The van der Waals surface area contributed by atoms with Crippen LogP contribution in [0.25, 0.3) is 0 Å². The van der Waals surface area contributed by atoms with E-state index in [0.29, 0.717) is 13.0 Å². The molecule has 1 atom stereocenters. The normalized spacial score (nSPS) is 17.3. The van der Waals surface area contributed by atoms with Crippen molar-refractivity contribution in [2.24, 2.45) is 11.8 Å². The van der Waals surface area contributed by atoms with Gasteiger partial charge in [0.15, 0.2) is 0 Å². The summed E-state index contributed by atoms with van der Waals surface area (Å²) in [5.74, 6) is 0.429. The van der Waals surface area contributed by atoms with Gasteiger partial charge < -0.3 is 9.64 Å². The second-order valence-corrected chi connectivity index (χ2v) is 6.31. The first-order valence-corrected chi connectivity index (χ1v) is 8.44. The molecule has 21 heavy (non-hydrogen) atoms. The molecule has 1 unspecified atom stereocenters. The highest BCUT2D eigenvalue weighted by Gasteiger charge is 2.22. The SMILES string of the molecule is CCCN(CC(C)C(=O)OC)C(=O)CCC1CCCCC1. The number of carbonyl (C=O) groups excluding carboxylic acids is 2. The topological polar surface area (TPSA) is 46.6 Å². The van der Waals surface area contributed by atoms with E-state index in [1.54, 1.807) is 0 Å². The van der Waals surface area contributed by atoms with Gasteiger partial charge in [-0.2, -0.15) is 0 Å². The lowest BCUT2D eigenvalue weighted by molar-refractivity contribution is -0.146. The second-order valence-electron chi connectivity index (χ2n) is 6.31. The number of methoxy groups -OCH3 is 1. The number of nitrogens with zero attached hydrogens (tertiary/aromatic N) is 1. The highest BCUT2D eigenvalue weighted by atomic mass is 16.5. The molecule has 0 bridgehead atoms. The first kappa shape index (κ1) is 18.0. The van der Waals surface area contributed by atoms with E-state index in [-0.39, 0.29) is 17.8 Å². The van der Waals surface area contributed by atoms with Gasteiger partial charge >= 0.3 is 5.97 Å². The molecule has 0 heterocycles. The summed E-state index contributed by atoms with van der Waals surface area (Å²) in [4.78, 5) is 25.8. The molecule has 1 aliphatic carbocycles. The van der Waals surface area contributed by atoms with E-state index in [1.165, 1.54) is 39.2 Å². The van der Waals surface area contributed by atoms with Crippen molar-refractivity contribution in [2.45, 2.75) is 65.2 Å². The van der Waals surface area contributed by atoms with Crippen LogP contribution in [0.2, 0.25) is 0 Å². The number of rotatable bonds is 8. The van der Waals surface area contributed by atoms with Crippen LogP contribution in [-0.4, -0.2) is 37.0 Å². The van der Waals surface area contributed by atoms with Gasteiger partial charge in [0, 0.05) is 19.5 Å². The third-order valence-corrected chi connectivity index (χ3v) is 4.44. The minimum absolute atomic E-state index is 0.193. The maximum atomic E-state index is 12.4. The number of carbonyl (C=O) groups is 2. The van der Waals surface area contributed by atoms with Gasteiger partial charge in [-0.15, -0.1) is 0 Å². The van der Waals surface area contributed by atoms with Gasteiger partial charge in [0.05, 0.1) is 13.0 Å². The molecule has 0 aliphatic heterocycles. The smallest absolute Gasteiger partial charge is 0.310 e. The summed E-state index contributed by atoms with van der Waals surface area (Å²) in [6.07, 6.45) is 9.09. The summed E-state index contributed by atoms with van der Waals surface area (Å²) in [5, 5.41) is 0. The van der Waals surface area contributed by atoms with Gasteiger partial charge in [-0.05, 0) is 18.8 Å². The molecule has 0 spiro atoms. The Morgan fingerprint density at radius 1 is 1.24 bits per heavy atom. The Labute approximate surface area is 129 Å². The van der Waals surface area contributed by atoms with Crippen molar-refractivity contribution in [1.29, 1.82) is 0 Å². The van der Waals surface area contributed by atoms with Crippen molar-refractivity contribution in [1.82, 2.24) is 4.90 Å². The van der Waals surface area contributed by atoms with Crippen molar-refractivity contribution in [3.05, 3.63) is 0 Å². The summed E-state index contributed by atoms with van der Waals surface area (Å²) in [6, 6.07) is 0. The van der Waals surface area contributed by atoms with Crippen LogP contribution < -0.4 is 0 Å². The van der Waals surface area contributed by atoms with Gasteiger partial charge in [0.1, 0.15) is 0 Å². The molecule has 122 valence electrons. The Morgan fingerprint density at radius 3 is 2.48 bits per heavy atom. The number of esters is 1. The molecule has 0 radical (unpaired) electrons. The van der Waals surface area contributed by atoms with E-state index >= 15 is 0 Å². The fraction of sp³-hybridized carbons (Fsp3) is 0.882. The average Bonchev–Trinajstić information content (AvgIpc) is 2.52. The van der Waals surface area contributed by atoms with Gasteiger partial charge in [-0.3, -0.25) is 9.59 Å². The minimum atomic E-state index is -0.250. The van der Waals surface area contributed by atoms with Crippen LogP contribution in [0.5, 0.6) is 0 Å². The maximum absolute atomic E-state index is 12.4. The summed E-state index contributed by atoms with van der Waals surface area (Å²) >= 11 is 0. The van der Waals surface area contributed by atoms with Crippen molar-refractivity contribution in [3.63, 3.8) is 0 Å². The molecular formula is C17H31NO3. The highest BCUT2D eigenvalue weighted by Crippen LogP contribution is 2.27. The van der Waals surface area contributed by atoms with Crippen molar-refractivity contribution >= 4 is 11.9 Å². The van der Waals surface area contributed by atoms with Gasteiger partial charge in [-0.1, -0.05) is 46.0 Å². The van der Waals surface area contributed by atoms with Crippen LogP contribution in [0.4, 0.5) is 0 Å². The van der Waals surface area contributed by atoms with E-state index in [1.807, 2.05) is 11.8 Å². The predicted molar refractivity (Wildman–Crippen MR) is 83.9 cm³/mol. The molecule has 1 saturated carbocycles. The average molecular weight is 297 g/mol. The number of ether oxygens (including phenoxy) is 1. The van der Waals surface area contributed by atoms with Crippen LogP contribution in [0.1, 0.15) is 65.2 Å². The first-order valence-electron chi connectivity index (χ1n) is 8.44. The molecule has 0 aromatic heterocycles. The third kappa shape index (κ3) is 6.49. The summed E-state index contributed by atoms with van der Waals surface area (Å²) in [5.41, 5.74) is 0. The van der Waals surface area contributed by atoms with E-state index in [4.69, 9.17) is 4.74 Å². The molecule has 4 heteroatoms. The van der Waals surface area contributed by atoms with Crippen LogP contribution in [0.3, 0.4) is 0 Å². The van der Waals surface area contributed by atoms with E-state index in [2.05, 4.69) is 6.92 Å². The molecule has 1 rings (SSSR count). The van der Waals surface area contributed by atoms with Crippen molar-refractivity contribution < 1.29 is 14.3 Å². The van der Waals surface area contributed by atoms with Crippen molar-refractivity contribution in [2.75, 3.05) is 20.2 Å². The molecule has 1 aliphatic rings. The lowest BCUT2D eigenvalue weighted by Crippen LogP contribution is -2.38. The van der Waals surface area contributed by atoms with E-state index in [0.717, 1.165) is 25.3 Å². The lowest BCUT2D eigenvalue weighted by atomic mass is 9.86. The summed E-state index contributed by atoms with van der Waals surface area (Å²) in [6.45, 7) is 5.09. The zero-order valence-electron chi connectivity index (χ0n) is 13.9. The van der Waals surface area contributed by atoms with Gasteiger partial charge in [-0.25, -0.2) is 0 Å². The molecule has 1 amide bonds.